The molecule has 0 aliphatic carbocycles. The summed E-state index contributed by atoms with van der Waals surface area (Å²) in [4.78, 5) is 12.4. The number of nitrogens with zero attached hydrogens (tertiary/aromatic N) is 2. The molecule has 3 rings (SSSR count). The molecule has 134 valence electrons. The van der Waals surface area contributed by atoms with E-state index in [4.69, 9.17) is 16.1 Å². The van der Waals surface area contributed by atoms with Crippen molar-refractivity contribution in [2.75, 3.05) is 5.32 Å². The van der Waals surface area contributed by atoms with Crippen LogP contribution in [0.1, 0.15) is 6.92 Å². The SMILES string of the molecule is CC(Sc1c([O-])on[n+]1-c1ccccc1)C(=O)Nc1ccc(F)c(Cl)c1. The third-order valence-electron chi connectivity index (χ3n) is 3.42. The fraction of sp³-hybridized carbons (Fsp3) is 0.118. The predicted octanol–water partition coefficient (Wildman–Crippen LogP) is 2.94. The highest BCUT2D eigenvalue weighted by Crippen LogP contribution is 2.28. The summed E-state index contributed by atoms with van der Waals surface area (Å²) in [6.07, 6.45) is 0. The Morgan fingerprint density at radius 3 is 2.77 bits per heavy atom. The minimum absolute atomic E-state index is 0.0918. The minimum Gasteiger partial charge on any atom is -0.538 e. The first-order valence-corrected chi connectivity index (χ1v) is 8.78. The van der Waals surface area contributed by atoms with Gasteiger partial charge in [0.2, 0.25) is 11.6 Å². The molecule has 0 aliphatic rings. The zero-order valence-corrected chi connectivity index (χ0v) is 15.1. The Bertz CT molecular complexity index is 936. The smallest absolute Gasteiger partial charge is 0.298 e. The van der Waals surface area contributed by atoms with Gasteiger partial charge in [-0.3, -0.25) is 4.79 Å². The van der Waals surface area contributed by atoms with Crippen LogP contribution in [0.25, 0.3) is 5.69 Å². The number of rotatable bonds is 5. The van der Waals surface area contributed by atoms with Crippen molar-refractivity contribution in [3.8, 4) is 11.6 Å². The number of anilines is 1. The lowest BCUT2D eigenvalue weighted by Crippen LogP contribution is -2.36. The van der Waals surface area contributed by atoms with Gasteiger partial charge in [0.15, 0.2) is 5.95 Å². The number of halogens is 2. The number of nitrogens with one attached hydrogen (secondary N) is 1. The molecule has 0 spiro atoms. The van der Waals surface area contributed by atoms with Gasteiger partial charge in [-0.1, -0.05) is 29.8 Å². The summed E-state index contributed by atoms with van der Waals surface area (Å²) in [6, 6.07) is 12.8. The van der Waals surface area contributed by atoms with Crippen LogP contribution in [0.3, 0.4) is 0 Å². The van der Waals surface area contributed by atoms with Gasteiger partial charge in [-0.25, -0.2) is 4.39 Å². The van der Waals surface area contributed by atoms with Crippen molar-refractivity contribution in [3.63, 3.8) is 0 Å². The Morgan fingerprint density at radius 1 is 1.35 bits per heavy atom. The molecule has 2 aromatic carbocycles. The van der Waals surface area contributed by atoms with E-state index in [1.54, 1.807) is 31.2 Å². The van der Waals surface area contributed by atoms with Crippen molar-refractivity contribution in [2.45, 2.75) is 17.2 Å². The third kappa shape index (κ3) is 3.97. The Kier molecular flexibility index (Phi) is 5.43. The topological polar surface area (TPSA) is 82.1 Å². The molecule has 3 aromatic rings. The molecule has 0 saturated carbocycles. The number of aromatic nitrogens is 2. The number of hydrogen-bond donors (Lipinski definition) is 1. The van der Waals surface area contributed by atoms with E-state index in [0.29, 0.717) is 11.4 Å². The summed E-state index contributed by atoms with van der Waals surface area (Å²) in [5, 5.41) is 17.7. The first-order chi connectivity index (χ1) is 12.5. The zero-order chi connectivity index (χ0) is 18.7. The van der Waals surface area contributed by atoms with Crippen LogP contribution in [0, 0.1) is 5.82 Å². The van der Waals surface area contributed by atoms with Gasteiger partial charge >= 0.3 is 0 Å². The lowest BCUT2D eigenvalue weighted by atomic mass is 10.3. The quantitative estimate of drug-likeness (QED) is 0.532. The summed E-state index contributed by atoms with van der Waals surface area (Å²) in [7, 11) is 0. The van der Waals surface area contributed by atoms with E-state index in [0.717, 1.165) is 17.8 Å². The molecule has 0 radical (unpaired) electrons. The lowest BCUT2D eigenvalue weighted by molar-refractivity contribution is -0.705. The number of hydrogen-bond acceptors (Lipinski definition) is 5. The largest absolute Gasteiger partial charge is 0.538 e. The second kappa shape index (κ2) is 7.76. The van der Waals surface area contributed by atoms with E-state index in [1.165, 1.54) is 16.8 Å². The van der Waals surface area contributed by atoms with Crippen LogP contribution in [0.5, 0.6) is 5.95 Å². The highest BCUT2D eigenvalue weighted by molar-refractivity contribution is 8.00. The number of benzene rings is 2. The van der Waals surface area contributed by atoms with Crippen LogP contribution < -0.4 is 15.1 Å². The van der Waals surface area contributed by atoms with Crippen LogP contribution in [0.4, 0.5) is 10.1 Å². The van der Waals surface area contributed by atoms with Crippen molar-refractivity contribution in [1.82, 2.24) is 5.27 Å². The van der Waals surface area contributed by atoms with Crippen molar-refractivity contribution >= 4 is 35.0 Å². The molecule has 1 heterocycles. The van der Waals surface area contributed by atoms with Crippen LogP contribution in [0.15, 0.2) is 58.1 Å². The molecule has 0 fully saturated rings. The Labute approximate surface area is 157 Å². The molecule has 1 unspecified atom stereocenters. The molecule has 0 saturated heterocycles. The maximum atomic E-state index is 13.2. The second-order valence-corrected chi connectivity index (χ2v) is 7.03. The number of carbonyl (C=O) groups excluding carboxylic acids is 1. The summed E-state index contributed by atoms with van der Waals surface area (Å²) >= 11 is 6.71. The number of amides is 1. The second-order valence-electron chi connectivity index (χ2n) is 5.29. The molecular formula is C17H13ClFN3O3S. The minimum atomic E-state index is -0.638. The monoisotopic (exact) mass is 393 g/mol. The van der Waals surface area contributed by atoms with Gasteiger partial charge in [0, 0.05) is 17.8 Å². The van der Waals surface area contributed by atoms with Gasteiger partial charge in [-0.05, 0) is 41.6 Å². The maximum absolute atomic E-state index is 13.2. The summed E-state index contributed by atoms with van der Waals surface area (Å²) in [5.41, 5.74) is 0.997. The van der Waals surface area contributed by atoms with Crippen molar-refractivity contribution in [1.29, 1.82) is 0 Å². The Balaban J connectivity index is 1.75. The van der Waals surface area contributed by atoms with E-state index in [9.17, 15) is 14.3 Å². The molecule has 9 heteroatoms. The fourth-order valence-electron chi connectivity index (χ4n) is 2.11. The van der Waals surface area contributed by atoms with E-state index in [-0.39, 0.29) is 16.0 Å². The number of thioether (sulfide) groups is 1. The third-order valence-corrected chi connectivity index (χ3v) is 4.84. The van der Waals surface area contributed by atoms with Crippen molar-refractivity contribution in [3.05, 3.63) is 59.4 Å². The highest BCUT2D eigenvalue weighted by Gasteiger charge is 2.26. The van der Waals surface area contributed by atoms with Crippen LogP contribution in [-0.2, 0) is 4.79 Å². The van der Waals surface area contributed by atoms with Gasteiger partial charge in [-0.2, -0.15) is 0 Å². The average molecular weight is 394 g/mol. The number of para-hydroxylation sites is 1. The standard InChI is InChI=1S/C17H13ClFN3O3S/c1-10(15(23)20-11-7-8-14(19)13(18)9-11)26-16-17(24)25-21-22(16)12-5-3-2-4-6-12/h2-10H,1H3,(H-,20,21,23,24). The highest BCUT2D eigenvalue weighted by atomic mass is 35.5. The Hall–Kier alpha value is -2.58. The van der Waals surface area contributed by atoms with Crippen LogP contribution >= 0.6 is 23.4 Å². The summed E-state index contributed by atoms with van der Waals surface area (Å²) < 4.78 is 19.3. The van der Waals surface area contributed by atoms with E-state index in [1.807, 2.05) is 6.07 Å². The van der Waals surface area contributed by atoms with Gasteiger partial charge < -0.3 is 14.9 Å². The van der Waals surface area contributed by atoms with Gasteiger partial charge in [0.25, 0.3) is 5.03 Å². The molecule has 0 bridgehead atoms. The van der Waals surface area contributed by atoms with E-state index < -0.39 is 17.0 Å². The van der Waals surface area contributed by atoms with Crippen molar-refractivity contribution < 1.29 is 23.5 Å². The number of carbonyl (C=O) groups is 1. The molecule has 6 nitrogen and oxygen atoms in total. The molecule has 0 aliphatic heterocycles. The lowest BCUT2D eigenvalue weighted by Gasteiger charge is -2.10. The molecule has 1 amide bonds. The molecular weight excluding hydrogens is 381 g/mol. The first-order valence-electron chi connectivity index (χ1n) is 7.52. The molecule has 1 aromatic heterocycles. The van der Waals surface area contributed by atoms with Gasteiger partial charge in [-0.15, -0.1) is 0 Å². The van der Waals surface area contributed by atoms with Crippen LogP contribution in [0.2, 0.25) is 5.02 Å². The van der Waals surface area contributed by atoms with Crippen molar-refractivity contribution in [2.24, 2.45) is 0 Å². The first kappa shape index (κ1) is 18.2. The van der Waals surface area contributed by atoms with E-state index >= 15 is 0 Å². The normalized spacial score (nSPS) is 12.0. The average Bonchev–Trinajstić information content (AvgIpc) is 2.99. The summed E-state index contributed by atoms with van der Waals surface area (Å²) in [6.45, 7) is 1.63. The Morgan fingerprint density at radius 2 is 2.08 bits per heavy atom. The van der Waals surface area contributed by atoms with Gasteiger partial charge in [0.05, 0.1) is 15.5 Å². The van der Waals surface area contributed by atoms with Crippen LogP contribution in [-0.4, -0.2) is 16.4 Å². The molecule has 1 atom stereocenters. The molecule has 1 N–H and O–H groups in total. The summed E-state index contributed by atoms with van der Waals surface area (Å²) in [5.74, 6) is -1.59. The molecule has 26 heavy (non-hydrogen) atoms. The van der Waals surface area contributed by atoms with Gasteiger partial charge in [0.1, 0.15) is 5.82 Å². The zero-order valence-electron chi connectivity index (χ0n) is 13.5. The van der Waals surface area contributed by atoms with E-state index in [2.05, 4.69) is 10.6 Å². The fourth-order valence-corrected chi connectivity index (χ4v) is 3.16. The maximum Gasteiger partial charge on any atom is 0.298 e. The predicted molar refractivity (Wildman–Crippen MR) is 92.8 cm³/mol.